The lowest BCUT2D eigenvalue weighted by atomic mass is 9.59. The maximum absolute atomic E-state index is 13.7. The lowest BCUT2D eigenvalue weighted by Crippen LogP contribution is -2.61. The van der Waals surface area contributed by atoms with E-state index in [-0.39, 0.29) is 17.9 Å². The Hall–Kier alpha value is -2.70. The molecule has 0 radical (unpaired) electrons. The maximum Gasteiger partial charge on any atom is 0.331 e. The molecule has 0 aromatic heterocycles. The highest BCUT2D eigenvalue weighted by atomic mass is 16.6. The third-order valence-electron chi connectivity index (χ3n) is 8.04. The number of rotatable bonds is 2. The fourth-order valence-corrected chi connectivity index (χ4v) is 6.09. The number of hydrogen-bond acceptors (Lipinski definition) is 5. The maximum atomic E-state index is 13.7. The van der Waals surface area contributed by atoms with Crippen LogP contribution in [0.15, 0.2) is 66.8 Å². The molecule has 3 N–H and O–H groups in total. The molecule has 3 aliphatic rings. The highest BCUT2D eigenvalue weighted by Crippen LogP contribution is 2.52. The molecular weight excluding hydrogens is 442 g/mol. The summed E-state index contributed by atoms with van der Waals surface area (Å²) >= 11 is 0. The van der Waals surface area contributed by atoms with Gasteiger partial charge in [-0.05, 0) is 48.3 Å². The summed E-state index contributed by atoms with van der Waals surface area (Å²) in [5.41, 5.74) is 0.136. The summed E-state index contributed by atoms with van der Waals surface area (Å²) in [5, 5.41) is 24.7. The summed E-state index contributed by atoms with van der Waals surface area (Å²) in [6, 6.07) is 9.59. The Kier molecular flexibility index (Phi) is 7.62. The number of ether oxygens (including phenoxy) is 1. The zero-order valence-electron chi connectivity index (χ0n) is 20.6. The van der Waals surface area contributed by atoms with Crippen LogP contribution >= 0.6 is 0 Å². The summed E-state index contributed by atoms with van der Waals surface area (Å²) in [4.78, 5) is 26.8. The number of nitrogens with one attached hydrogen (secondary N) is 1. The van der Waals surface area contributed by atoms with Crippen LogP contribution in [0.1, 0.15) is 45.1 Å². The molecule has 1 aliphatic carbocycles. The Morgan fingerprint density at radius 1 is 1.11 bits per heavy atom. The smallest absolute Gasteiger partial charge is 0.331 e. The van der Waals surface area contributed by atoms with Crippen molar-refractivity contribution in [3.8, 4) is 0 Å². The van der Waals surface area contributed by atoms with E-state index in [4.69, 9.17) is 4.74 Å². The summed E-state index contributed by atoms with van der Waals surface area (Å²) in [6.45, 7) is 8.27. The molecule has 1 aromatic carbocycles. The second-order valence-corrected chi connectivity index (χ2v) is 10.5. The van der Waals surface area contributed by atoms with Crippen molar-refractivity contribution < 1.29 is 24.5 Å². The first-order valence-electron chi connectivity index (χ1n) is 12.7. The normalized spacial score (nSPS) is 40.0. The number of aliphatic hydroxyl groups is 2. The van der Waals surface area contributed by atoms with Gasteiger partial charge in [-0.2, -0.15) is 0 Å². The van der Waals surface area contributed by atoms with Crippen LogP contribution in [0.3, 0.4) is 0 Å². The van der Waals surface area contributed by atoms with Crippen molar-refractivity contribution >= 4 is 11.9 Å². The van der Waals surface area contributed by atoms with Gasteiger partial charge in [-0.15, -0.1) is 0 Å². The van der Waals surface area contributed by atoms with E-state index in [0.717, 1.165) is 24.8 Å². The van der Waals surface area contributed by atoms with Gasteiger partial charge in [-0.3, -0.25) is 4.79 Å². The highest BCUT2D eigenvalue weighted by molar-refractivity contribution is 5.94. The van der Waals surface area contributed by atoms with Crippen molar-refractivity contribution in [3.05, 3.63) is 72.4 Å². The number of allylic oxidation sites excluding steroid dienone is 1. The summed E-state index contributed by atoms with van der Waals surface area (Å²) in [7, 11) is 0. The molecule has 1 amide bonds. The molecule has 8 unspecified atom stereocenters. The monoisotopic (exact) mass is 479 g/mol. The molecule has 188 valence electrons. The third-order valence-corrected chi connectivity index (χ3v) is 8.04. The Balaban J connectivity index is 1.78. The van der Waals surface area contributed by atoms with Gasteiger partial charge in [0.05, 0.1) is 18.1 Å². The van der Waals surface area contributed by atoms with E-state index in [2.05, 4.69) is 18.8 Å². The van der Waals surface area contributed by atoms with Crippen LogP contribution in [0.2, 0.25) is 0 Å². The van der Waals surface area contributed by atoms with Crippen LogP contribution in [-0.2, 0) is 20.7 Å². The van der Waals surface area contributed by atoms with Crippen molar-refractivity contribution in [2.24, 2.45) is 23.7 Å². The predicted molar refractivity (Wildman–Crippen MR) is 134 cm³/mol. The summed E-state index contributed by atoms with van der Waals surface area (Å²) < 4.78 is 6.05. The van der Waals surface area contributed by atoms with Crippen LogP contribution in [0.25, 0.3) is 0 Å². The van der Waals surface area contributed by atoms with E-state index in [9.17, 15) is 19.8 Å². The minimum absolute atomic E-state index is 0.262. The fraction of sp³-hybridized carbons (Fsp3) is 0.517. The minimum Gasteiger partial charge on any atom is -0.445 e. The Labute approximate surface area is 207 Å². The van der Waals surface area contributed by atoms with E-state index >= 15 is 0 Å². The number of esters is 1. The molecule has 4 rings (SSSR count). The molecular formula is C29H37NO5. The second kappa shape index (κ2) is 10.5. The van der Waals surface area contributed by atoms with Crippen LogP contribution < -0.4 is 5.32 Å². The van der Waals surface area contributed by atoms with Gasteiger partial charge in [0, 0.05) is 18.0 Å². The number of amides is 1. The minimum atomic E-state index is -1.57. The Morgan fingerprint density at radius 3 is 2.60 bits per heavy atom. The number of carbonyl (C=O) groups excluding carboxylic acids is 2. The van der Waals surface area contributed by atoms with E-state index in [1.807, 2.05) is 49.4 Å². The SMILES string of the molecule is C=C1C(C)C2C(Cc3ccccc3)NC(=O)C23OC(=O)/C=C\C(O)CCCC(C)C/C=C/C3C1O. The van der Waals surface area contributed by atoms with Crippen molar-refractivity contribution in [2.75, 3.05) is 0 Å². The molecule has 2 heterocycles. The van der Waals surface area contributed by atoms with Crippen molar-refractivity contribution in [2.45, 2.75) is 69.8 Å². The van der Waals surface area contributed by atoms with Crippen molar-refractivity contribution in [1.29, 1.82) is 0 Å². The average molecular weight is 480 g/mol. The van der Waals surface area contributed by atoms with Gasteiger partial charge in [0.2, 0.25) is 5.60 Å². The molecule has 1 saturated heterocycles. The van der Waals surface area contributed by atoms with Crippen LogP contribution in [0, 0.1) is 23.7 Å². The number of carbonyl (C=O) groups is 2. The van der Waals surface area contributed by atoms with E-state index < -0.39 is 35.6 Å². The number of hydrogen-bond donors (Lipinski definition) is 3. The van der Waals surface area contributed by atoms with E-state index in [1.165, 1.54) is 12.2 Å². The second-order valence-electron chi connectivity index (χ2n) is 10.5. The standard InChI is InChI=1S/C29H37NO5/c1-18-9-7-13-22(31)15-16-25(32)35-29-23(14-8-10-18)27(33)20(3)19(2)26(29)24(30-28(29)34)17-21-11-5-4-6-12-21/h4-6,8,11-12,14-16,18-19,22-24,26-27,31,33H,3,7,9-10,13,17H2,1-2H3,(H,30,34)/b14-8+,16-15-. The zero-order chi connectivity index (χ0) is 25.2. The largest absolute Gasteiger partial charge is 0.445 e. The van der Waals surface area contributed by atoms with Gasteiger partial charge >= 0.3 is 5.97 Å². The topological polar surface area (TPSA) is 95.9 Å². The first-order chi connectivity index (χ1) is 16.7. The highest BCUT2D eigenvalue weighted by Gasteiger charge is 2.67. The van der Waals surface area contributed by atoms with Crippen LogP contribution in [0.5, 0.6) is 0 Å². The molecule has 8 atom stereocenters. The fourth-order valence-electron chi connectivity index (χ4n) is 6.09. The molecule has 1 saturated carbocycles. The molecule has 0 bridgehead atoms. The number of benzene rings is 1. The van der Waals surface area contributed by atoms with Crippen LogP contribution in [-0.4, -0.2) is 45.9 Å². The number of aliphatic hydroxyl groups excluding tert-OH is 2. The molecule has 2 aliphatic heterocycles. The van der Waals surface area contributed by atoms with Gasteiger partial charge in [0.25, 0.3) is 5.91 Å². The first kappa shape index (κ1) is 25.4. The van der Waals surface area contributed by atoms with Gasteiger partial charge in [0.15, 0.2) is 0 Å². The predicted octanol–water partition coefficient (Wildman–Crippen LogP) is 3.49. The van der Waals surface area contributed by atoms with Crippen molar-refractivity contribution in [1.82, 2.24) is 5.32 Å². The van der Waals surface area contributed by atoms with E-state index in [0.29, 0.717) is 24.3 Å². The lowest BCUT2D eigenvalue weighted by molar-refractivity contribution is -0.182. The average Bonchev–Trinajstić information content (AvgIpc) is 3.09. The van der Waals surface area contributed by atoms with Gasteiger partial charge in [0.1, 0.15) is 0 Å². The third kappa shape index (κ3) is 5.00. The quantitative estimate of drug-likeness (QED) is 0.446. The van der Waals surface area contributed by atoms with Crippen LogP contribution in [0.4, 0.5) is 0 Å². The molecule has 35 heavy (non-hydrogen) atoms. The molecule has 2 fully saturated rings. The molecule has 6 nitrogen and oxygen atoms in total. The lowest BCUT2D eigenvalue weighted by Gasteiger charge is -2.49. The first-order valence-corrected chi connectivity index (χ1v) is 12.7. The van der Waals surface area contributed by atoms with Gasteiger partial charge < -0.3 is 20.3 Å². The molecule has 1 aromatic rings. The zero-order valence-corrected chi connectivity index (χ0v) is 20.6. The Morgan fingerprint density at radius 2 is 1.86 bits per heavy atom. The van der Waals surface area contributed by atoms with Crippen molar-refractivity contribution in [3.63, 3.8) is 0 Å². The van der Waals surface area contributed by atoms with Gasteiger partial charge in [-0.25, -0.2) is 4.79 Å². The Bertz CT molecular complexity index is 1000. The summed E-state index contributed by atoms with van der Waals surface area (Å²) in [6.07, 6.45) is 8.39. The molecule has 1 spiro atoms. The van der Waals surface area contributed by atoms with E-state index in [1.54, 1.807) is 0 Å². The summed E-state index contributed by atoms with van der Waals surface area (Å²) in [5.74, 6) is -2.13. The molecule has 6 heteroatoms. The van der Waals surface area contributed by atoms with Gasteiger partial charge in [-0.1, -0.05) is 75.8 Å².